The zero-order chi connectivity index (χ0) is 14.4. The predicted octanol–water partition coefficient (Wildman–Crippen LogP) is 3.40. The SMILES string of the molecule is CC1CCCC(O)(CNC(=O)CCC2CCCCC2)C1. The smallest absolute Gasteiger partial charge is 0.220 e. The van der Waals surface area contributed by atoms with Gasteiger partial charge in [-0.05, 0) is 31.1 Å². The van der Waals surface area contributed by atoms with E-state index in [9.17, 15) is 9.90 Å². The molecule has 0 saturated heterocycles. The fourth-order valence-electron chi connectivity index (χ4n) is 3.96. The molecule has 2 unspecified atom stereocenters. The van der Waals surface area contributed by atoms with E-state index in [1.54, 1.807) is 0 Å². The lowest BCUT2D eigenvalue weighted by Gasteiger charge is -2.35. The molecule has 2 N–H and O–H groups in total. The van der Waals surface area contributed by atoms with Crippen LogP contribution in [0, 0.1) is 11.8 Å². The van der Waals surface area contributed by atoms with Gasteiger partial charge < -0.3 is 10.4 Å². The van der Waals surface area contributed by atoms with E-state index in [-0.39, 0.29) is 5.91 Å². The predicted molar refractivity (Wildman–Crippen MR) is 81.4 cm³/mol. The average Bonchev–Trinajstić information content (AvgIpc) is 2.44. The van der Waals surface area contributed by atoms with Gasteiger partial charge >= 0.3 is 0 Å². The highest BCUT2D eigenvalue weighted by Crippen LogP contribution is 2.31. The molecule has 2 aliphatic carbocycles. The van der Waals surface area contributed by atoms with E-state index in [4.69, 9.17) is 0 Å². The number of nitrogens with one attached hydrogen (secondary N) is 1. The quantitative estimate of drug-likeness (QED) is 0.811. The number of hydrogen-bond donors (Lipinski definition) is 2. The van der Waals surface area contributed by atoms with Crippen molar-refractivity contribution < 1.29 is 9.90 Å². The zero-order valence-electron chi connectivity index (χ0n) is 13.0. The van der Waals surface area contributed by atoms with Crippen LogP contribution in [0.3, 0.4) is 0 Å². The van der Waals surface area contributed by atoms with Gasteiger partial charge in [0.1, 0.15) is 0 Å². The third kappa shape index (κ3) is 5.08. The summed E-state index contributed by atoms with van der Waals surface area (Å²) in [7, 11) is 0. The van der Waals surface area contributed by atoms with E-state index in [1.807, 2.05) is 0 Å². The van der Waals surface area contributed by atoms with Crippen LogP contribution in [0.5, 0.6) is 0 Å². The summed E-state index contributed by atoms with van der Waals surface area (Å²) in [4.78, 5) is 11.9. The van der Waals surface area contributed by atoms with Crippen LogP contribution in [0.1, 0.15) is 77.6 Å². The van der Waals surface area contributed by atoms with Gasteiger partial charge in [0.15, 0.2) is 0 Å². The Labute approximate surface area is 123 Å². The molecule has 2 atom stereocenters. The number of aliphatic hydroxyl groups is 1. The minimum Gasteiger partial charge on any atom is -0.388 e. The van der Waals surface area contributed by atoms with Gasteiger partial charge in [-0.1, -0.05) is 51.9 Å². The molecule has 2 aliphatic rings. The molecule has 116 valence electrons. The second-order valence-corrected chi connectivity index (χ2v) is 7.25. The van der Waals surface area contributed by atoms with Crippen molar-refractivity contribution in [3.05, 3.63) is 0 Å². The first-order valence-electron chi connectivity index (χ1n) is 8.56. The number of rotatable bonds is 5. The van der Waals surface area contributed by atoms with Gasteiger partial charge in [0, 0.05) is 13.0 Å². The Balaban J connectivity index is 1.64. The lowest BCUT2D eigenvalue weighted by atomic mass is 9.79. The van der Waals surface area contributed by atoms with Gasteiger partial charge in [0.2, 0.25) is 5.91 Å². The van der Waals surface area contributed by atoms with Crippen molar-refractivity contribution in [2.45, 2.75) is 83.2 Å². The molecule has 2 saturated carbocycles. The lowest BCUT2D eigenvalue weighted by molar-refractivity contribution is -0.123. The Morgan fingerprint density at radius 3 is 2.65 bits per heavy atom. The van der Waals surface area contributed by atoms with Crippen molar-refractivity contribution in [3.63, 3.8) is 0 Å². The standard InChI is InChI=1S/C17H31NO2/c1-14-6-5-11-17(20,12-14)13-18-16(19)10-9-15-7-3-2-4-8-15/h14-15,20H,2-13H2,1H3,(H,18,19). The third-order valence-electron chi connectivity index (χ3n) is 5.19. The van der Waals surface area contributed by atoms with E-state index < -0.39 is 5.60 Å². The summed E-state index contributed by atoms with van der Waals surface area (Å²) < 4.78 is 0. The molecular formula is C17H31NO2. The van der Waals surface area contributed by atoms with E-state index >= 15 is 0 Å². The lowest BCUT2D eigenvalue weighted by Crippen LogP contribution is -2.45. The Kier molecular flexibility index (Phi) is 5.88. The van der Waals surface area contributed by atoms with Crippen molar-refractivity contribution in [1.82, 2.24) is 5.32 Å². The minimum atomic E-state index is -0.655. The van der Waals surface area contributed by atoms with Crippen LogP contribution in [-0.4, -0.2) is 23.2 Å². The van der Waals surface area contributed by atoms with Crippen LogP contribution >= 0.6 is 0 Å². The highest BCUT2D eigenvalue weighted by atomic mass is 16.3. The van der Waals surface area contributed by atoms with Crippen molar-refractivity contribution in [2.24, 2.45) is 11.8 Å². The van der Waals surface area contributed by atoms with Crippen LogP contribution in [0.2, 0.25) is 0 Å². The summed E-state index contributed by atoms with van der Waals surface area (Å²) in [6.45, 7) is 2.63. The van der Waals surface area contributed by atoms with E-state index in [1.165, 1.54) is 38.5 Å². The minimum absolute atomic E-state index is 0.127. The maximum Gasteiger partial charge on any atom is 0.220 e. The molecule has 0 heterocycles. The van der Waals surface area contributed by atoms with Crippen LogP contribution < -0.4 is 5.32 Å². The first-order valence-corrected chi connectivity index (χ1v) is 8.56. The molecule has 0 bridgehead atoms. The van der Waals surface area contributed by atoms with Crippen molar-refractivity contribution in [3.8, 4) is 0 Å². The van der Waals surface area contributed by atoms with Gasteiger partial charge in [0.25, 0.3) is 0 Å². The topological polar surface area (TPSA) is 49.3 Å². The Bertz CT molecular complexity index is 312. The number of carbonyl (C=O) groups excluding carboxylic acids is 1. The molecular weight excluding hydrogens is 250 g/mol. The maximum atomic E-state index is 11.9. The fourth-order valence-corrected chi connectivity index (χ4v) is 3.96. The molecule has 0 aliphatic heterocycles. The first-order chi connectivity index (χ1) is 9.57. The second-order valence-electron chi connectivity index (χ2n) is 7.25. The highest BCUT2D eigenvalue weighted by molar-refractivity contribution is 5.75. The summed E-state index contributed by atoms with van der Waals surface area (Å²) in [6, 6.07) is 0. The van der Waals surface area contributed by atoms with E-state index in [2.05, 4.69) is 12.2 Å². The highest BCUT2D eigenvalue weighted by Gasteiger charge is 2.32. The Hall–Kier alpha value is -0.570. The summed E-state index contributed by atoms with van der Waals surface area (Å²) >= 11 is 0. The van der Waals surface area contributed by atoms with Crippen molar-refractivity contribution in [1.29, 1.82) is 0 Å². The van der Waals surface area contributed by atoms with Crippen molar-refractivity contribution in [2.75, 3.05) is 6.54 Å². The Morgan fingerprint density at radius 2 is 1.95 bits per heavy atom. The number of carbonyl (C=O) groups is 1. The van der Waals surface area contributed by atoms with E-state index in [0.717, 1.165) is 31.6 Å². The normalized spacial score (nSPS) is 32.0. The summed E-state index contributed by atoms with van der Waals surface area (Å²) in [5, 5.41) is 13.5. The van der Waals surface area contributed by atoms with Gasteiger partial charge in [0.05, 0.1) is 5.60 Å². The van der Waals surface area contributed by atoms with Gasteiger partial charge in [-0.3, -0.25) is 4.79 Å². The molecule has 0 aromatic heterocycles. The number of amides is 1. The summed E-state index contributed by atoms with van der Waals surface area (Å²) in [5.74, 6) is 1.46. The van der Waals surface area contributed by atoms with Gasteiger partial charge in [-0.2, -0.15) is 0 Å². The largest absolute Gasteiger partial charge is 0.388 e. The van der Waals surface area contributed by atoms with Crippen LogP contribution in [0.25, 0.3) is 0 Å². The molecule has 2 rings (SSSR count). The first kappa shape index (κ1) is 15.8. The Morgan fingerprint density at radius 1 is 1.20 bits per heavy atom. The molecule has 3 nitrogen and oxygen atoms in total. The summed E-state index contributed by atoms with van der Waals surface area (Å²) in [6.07, 6.45) is 12.3. The molecule has 2 fully saturated rings. The van der Waals surface area contributed by atoms with Gasteiger partial charge in [-0.25, -0.2) is 0 Å². The zero-order valence-corrected chi connectivity index (χ0v) is 13.0. The second kappa shape index (κ2) is 7.44. The van der Waals surface area contributed by atoms with Crippen LogP contribution in [-0.2, 0) is 4.79 Å². The van der Waals surface area contributed by atoms with Crippen LogP contribution in [0.4, 0.5) is 0 Å². The average molecular weight is 281 g/mol. The van der Waals surface area contributed by atoms with E-state index in [0.29, 0.717) is 18.9 Å². The third-order valence-corrected chi connectivity index (χ3v) is 5.19. The van der Waals surface area contributed by atoms with Crippen LogP contribution in [0.15, 0.2) is 0 Å². The van der Waals surface area contributed by atoms with Gasteiger partial charge in [-0.15, -0.1) is 0 Å². The molecule has 3 heteroatoms. The van der Waals surface area contributed by atoms with Crippen molar-refractivity contribution >= 4 is 5.91 Å². The molecule has 0 spiro atoms. The monoisotopic (exact) mass is 281 g/mol. The maximum absolute atomic E-state index is 11.9. The fraction of sp³-hybridized carbons (Fsp3) is 0.941. The molecule has 0 aromatic rings. The number of hydrogen-bond acceptors (Lipinski definition) is 2. The molecule has 0 radical (unpaired) electrons. The summed E-state index contributed by atoms with van der Waals surface area (Å²) in [5.41, 5.74) is -0.655. The molecule has 1 amide bonds. The molecule has 20 heavy (non-hydrogen) atoms. The molecule has 0 aromatic carbocycles.